The minimum Gasteiger partial charge on any atom is -0.350 e. The Morgan fingerprint density at radius 3 is 3.00 bits per heavy atom. The standard InChI is InChI=1S/C16H21ClN4O/c17-13-2-3-15-20-14(11-21(15)10-13)9-19-16(22)4-1-12-5-7-18-8-6-12/h2-3,10-12,18H,1,4-9H2,(H,19,22). The van der Waals surface area contributed by atoms with Crippen molar-refractivity contribution in [2.75, 3.05) is 13.1 Å². The van der Waals surface area contributed by atoms with Crippen LogP contribution in [0, 0.1) is 5.92 Å². The van der Waals surface area contributed by atoms with Gasteiger partial charge in [0.2, 0.25) is 5.91 Å². The first-order chi connectivity index (χ1) is 10.7. The summed E-state index contributed by atoms with van der Waals surface area (Å²) in [5, 5.41) is 6.96. The number of carbonyl (C=O) groups excluding carboxylic acids is 1. The third-order valence-electron chi connectivity index (χ3n) is 4.17. The van der Waals surface area contributed by atoms with E-state index in [1.54, 1.807) is 0 Å². The van der Waals surface area contributed by atoms with Gasteiger partial charge in [-0.3, -0.25) is 4.79 Å². The summed E-state index contributed by atoms with van der Waals surface area (Å²) >= 11 is 5.95. The van der Waals surface area contributed by atoms with Crippen LogP contribution in [-0.2, 0) is 11.3 Å². The molecule has 0 bridgehead atoms. The lowest BCUT2D eigenvalue weighted by Crippen LogP contribution is -2.29. The lowest BCUT2D eigenvalue weighted by molar-refractivity contribution is -0.121. The van der Waals surface area contributed by atoms with Crippen molar-refractivity contribution in [3.05, 3.63) is 35.2 Å². The number of hydrogen-bond donors (Lipinski definition) is 2. The SMILES string of the molecule is O=C(CCC1CCNCC1)NCc1cn2cc(Cl)ccc2n1. The summed E-state index contributed by atoms with van der Waals surface area (Å²) < 4.78 is 1.87. The molecule has 2 N–H and O–H groups in total. The summed E-state index contributed by atoms with van der Waals surface area (Å²) in [6.45, 7) is 2.62. The fourth-order valence-electron chi connectivity index (χ4n) is 2.89. The number of nitrogens with one attached hydrogen (secondary N) is 2. The Morgan fingerprint density at radius 1 is 1.36 bits per heavy atom. The van der Waals surface area contributed by atoms with E-state index in [1.165, 1.54) is 12.8 Å². The van der Waals surface area contributed by atoms with Gasteiger partial charge in [0, 0.05) is 18.8 Å². The first kappa shape index (κ1) is 15.3. The maximum Gasteiger partial charge on any atom is 0.220 e. The average Bonchev–Trinajstić information content (AvgIpc) is 2.94. The molecule has 1 aliphatic heterocycles. The van der Waals surface area contributed by atoms with Crippen LogP contribution in [0.15, 0.2) is 24.5 Å². The van der Waals surface area contributed by atoms with Gasteiger partial charge in [0.1, 0.15) is 5.65 Å². The zero-order chi connectivity index (χ0) is 15.4. The number of rotatable bonds is 5. The molecule has 0 aliphatic carbocycles. The molecule has 2 aromatic rings. The molecule has 3 heterocycles. The predicted octanol–water partition coefficient (Wildman–Crippen LogP) is 2.38. The van der Waals surface area contributed by atoms with Crippen LogP contribution in [0.1, 0.15) is 31.4 Å². The number of aromatic nitrogens is 2. The Kier molecular flexibility index (Phi) is 4.95. The predicted molar refractivity (Wildman–Crippen MR) is 86.9 cm³/mol. The van der Waals surface area contributed by atoms with E-state index in [2.05, 4.69) is 15.6 Å². The van der Waals surface area contributed by atoms with E-state index < -0.39 is 0 Å². The van der Waals surface area contributed by atoms with Crippen LogP contribution in [0.2, 0.25) is 5.02 Å². The maximum atomic E-state index is 11.9. The Balaban J connectivity index is 1.47. The van der Waals surface area contributed by atoms with Crippen LogP contribution in [-0.4, -0.2) is 28.4 Å². The molecule has 0 atom stereocenters. The summed E-state index contributed by atoms with van der Waals surface area (Å²) in [5.74, 6) is 0.790. The van der Waals surface area contributed by atoms with Crippen molar-refractivity contribution >= 4 is 23.2 Å². The number of carbonyl (C=O) groups is 1. The highest BCUT2D eigenvalue weighted by atomic mass is 35.5. The monoisotopic (exact) mass is 320 g/mol. The highest BCUT2D eigenvalue weighted by Crippen LogP contribution is 2.17. The van der Waals surface area contributed by atoms with Gasteiger partial charge >= 0.3 is 0 Å². The van der Waals surface area contributed by atoms with Crippen LogP contribution in [0.4, 0.5) is 0 Å². The van der Waals surface area contributed by atoms with Gasteiger partial charge in [0.25, 0.3) is 0 Å². The summed E-state index contributed by atoms with van der Waals surface area (Å²) in [4.78, 5) is 16.4. The normalized spacial score (nSPS) is 16.0. The molecular formula is C16H21ClN4O. The van der Waals surface area contributed by atoms with Crippen molar-refractivity contribution in [3.63, 3.8) is 0 Å². The molecular weight excluding hydrogens is 300 g/mol. The fourth-order valence-corrected chi connectivity index (χ4v) is 3.05. The van der Waals surface area contributed by atoms with Crippen LogP contribution >= 0.6 is 11.6 Å². The quantitative estimate of drug-likeness (QED) is 0.889. The van der Waals surface area contributed by atoms with Crippen LogP contribution in [0.5, 0.6) is 0 Å². The number of nitrogens with zero attached hydrogens (tertiary/aromatic N) is 2. The first-order valence-corrected chi connectivity index (χ1v) is 8.19. The number of fused-ring (bicyclic) bond motifs is 1. The molecule has 1 saturated heterocycles. The molecule has 6 heteroatoms. The highest BCUT2D eigenvalue weighted by Gasteiger charge is 2.14. The van der Waals surface area contributed by atoms with Crippen molar-refractivity contribution in [2.45, 2.75) is 32.2 Å². The molecule has 1 aliphatic rings. The maximum absolute atomic E-state index is 11.9. The van der Waals surface area contributed by atoms with E-state index in [4.69, 9.17) is 11.6 Å². The van der Waals surface area contributed by atoms with Gasteiger partial charge in [-0.2, -0.15) is 0 Å². The second kappa shape index (κ2) is 7.11. The topological polar surface area (TPSA) is 58.4 Å². The van der Waals surface area contributed by atoms with Crippen LogP contribution in [0.25, 0.3) is 5.65 Å². The van der Waals surface area contributed by atoms with Crippen molar-refractivity contribution < 1.29 is 4.79 Å². The molecule has 0 saturated carbocycles. The van der Waals surface area contributed by atoms with Gasteiger partial charge in [-0.15, -0.1) is 0 Å². The molecule has 22 heavy (non-hydrogen) atoms. The Bertz CT molecular complexity index is 649. The van der Waals surface area contributed by atoms with E-state index in [-0.39, 0.29) is 5.91 Å². The second-order valence-corrected chi connectivity index (χ2v) is 6.29. The summed E-state index contributed by atoms with van der Waals surface area (Å²) in [7, 11) is 0. The molecule has 118 valence electrons. The van der Waals surface area contributed by atoms with Crippen molar-refractivity contribution in [3.8, 4) is 0 Å². The summed E-state index contributed by atoms with van der Waals surface area (Å²) in [5.41, 5.74) is 1.68. The number of hydrogen-bond acceptors (Lipinski definition) is 3. The molecule has 5 nitrogen and oxygen atoms in total. The van der Waals surface area contributed by atoms with Gasteiger partial charge in [-0.25, -0.2) is 4.98 Å². The summed E-state index contributed by atoms with van der Waals surface area (Å²) in [6.07, 6.45) is 7.65. The number of imidazole rings is 1. The molecule has 1 amide bonds. The van der Waals surface area contributed by atoms with E-state index in [0.717, 1.165) is 30.9 Å². The van der Waals surface area contributed by atoms with E-state index in [0.29, 0.717) is 23.9 Å². The van der Waals surface area contributed by atoms with Crippen LogP contribution in [0.3, 0.4) is 0 Å². The average molecular weight is 321 g/mol. The molecule has 1 fully saturated rings. The Hall–Kier alpha value is -1.59. The van der Waals surface area contributed by atoms with E-state index >= 15 is 0 Å². The third-order valence-corrected chi connectivity index (χ3v) is 4.39. The van der Waals surface area contributed by atoms with Crippen molar-refractivity contribution in [1.29, 1.82) is 0 Å². The first-order valence-electron chi connectivity index (χ1n) is 7.81. The number of amides is 1. The number of piperidine rings is 1. The Labute approximate surface area is 135 Å². The van der Waals surface area contributed by atoms with Crippen molar-refractivity contribution in [1.82, 2.24) is 20.0 Å². The molecule has 0 spiro atoms. The van der Waals surface area contributed by atoms with Gasteiger partial charge in [-0.1, -0.05) is 11.6 Å². The van der Waals surface area contributed by atoms with Crippen molar-refractivity contribution in [2.24, 2.45) is 5.92 Å². The third kappa shape index (κ3) is 3.99. The molecule has 3 rings (SSSR count). The van der Waals surface area contributed by atoms with Gasteiger partial charge in [0.15, 0.2) is 0 Å². The second-order valence-electron chi connectivity index (χ2n) is 5.85. The van der Waals surface area contributed by atoms with E-state index in [1.807, 2.05) is 28.9 Å². The zero-order valence-corrected chi connectivity index (χ0v) is 13.3. The number of halogens is 1. The molecule has 0 aromatic carbocycles. The lowest BCUT2D eigenvalue weighted by atomic mass is 9.93. The smallest absolute Gasteiger partial charge is 0.220 e. The summed E-state index contributed by atoms with van der Waals surface area (Å²) in [6, 6.07) is 3.68. The largest absolute Gasteiger partial charge is 0.350 e. The van der Waals surface area contributed by atoms with Gasteiger partial charge < -0.3 is 15.0 Å². The minimum atomic E-state index is 0.105. The highest BCUT2D eigenvalue weighted by molar-refractivity contribution is 6.30. The molecule has 0 unspecified atom stereocenters. The fraction of sp³-hybridized carbons (Fsp3) is 0.500. The Morgan fingerprint density at radius 2 is 2.18 bits per heavy atom. The minimum absolute atomic E-state index is 0.105. The molecule has 0 radical (unpaired) electrons. The van der Waals surface area contributed by atoms with E-state index in [9.17, 15) is 4.79 Å². The lowest BCUT2D eigenvalue weighted by Gasteiger charge is -2.22. The number of pyridine rings is 1. The van der Waals surface area contributed by atoms with Crippen LogP contribution < -0.4 is 10.6 Å². The zero-order valence-electron chi connectivity index (χ0n) is 12.5. The van der Waals surface area contributed by atoms with Gasteiger partial charge in [-0.05, 0) is 50.4 Å². The van der Waals surface area contributed by atoms with Gasteiger partial charge in [0.05, 0.1) is 17.3 Å². The molecule has 2 aromatic heterocycles.